The number of oxime groups is 1. The summed E-state index contributed by atoms with van der Waals surface area (Å²) in [5, 5.41) is 13.5. The molecule has 35 heavy (non-hydrogen) atoms. The molecule has 1 saturated heterocycles. The second-order valence-corrected chi connectivity index (χ2v) is 8.63. The first-order valence-corrected chi connectivity index (χ1v) is 11.1. The summed E-state index contributed by atoms with van der Waals surface area (Å²) < 4.78 is 2.94. The van der Waals surface area contributed by atoms with Gasteiger partial charge in [-0.05, 0) is 32.4 Å². The molecule has 2 aliphatic heterocycles. The molecule has 3 aromatic rings. The van der Waals surface area contributed by atoms with E-state index in [1.807, 2.05) is 13.1 Å². The van der Waals surface area contributed by atoms with Crippen LogP contribution in [0.5, 0.6) is 0 Å². The largest absolute Gasteiger partial charge is 0.382 e. The van der Waals surface area contributed by atoms with Gasteiger partial charge in [-0.15, -0.1) is 0 Å². The van der Waals surface area contributed by atoms with Crippen molar-refractivity contribution in [1.82, 2.24) is 24.6 Å². The quantitative estimate of drug-likeness (QED) is 0.529. The Morgan fingerprint density at radius 3 is 2.74 bits per heavy atom. The lowest BCUT2D eigenvalue weighted by Gasteiger charge is -2.24. The number of carbonyl (C=O) groups is 3. The van der Waals surface area contributed by atoms with Crippen molar-refractivity contribution < 1.29 is 19.2 Å². The van der Waals surface area contributed by atoms with Crippen LogP contribution in [0.2, 0.25) is 0 Å². The highest BCUT2D eigenvalue weighted by molar-refractivity contribution is 6.08. The molecule has 12 heteroatoms. The van der Waals surface area contributed by atoms with Gasteiger partial charge in [0.25, 0.3) is 11.5 Å². The van der Waals surface area contributed by atoms with E-state index in [1.54, 1.807) is 36.9 Å². The van der Waals surface area contributed by atoms with Crippen molar-refractivity contribution in [3.05, 3.63) is 51.8 Å². The fourth-order valence-corrected chi connectivity index (χ4v) is 4.53. The summed E-state index contributed by atoms with van der Waals surface area (Å²) in [7, 11) is 1.80. The Balaban J connectivity index is 1.44. The molecule has 0 radical (unpaired) electrons. The zero-order valence-corrected chi connectivity index (χ0v) is 19.4. The average molecular weight is 477 g/mol. The number of amides is 3. The minimum atomic E-state index is -0.879. The number of nitrogens with zero attached hydrogens (tertiary/aromatic N) is 5. The number of piperidine rings is 1. The maximum Gasteiger partial charge on any atom is 0.268 e. The maximum absolute atomic E-state index is 13.5. The van der Waals surface area contributed by atoms with Crippen molar-refractivity contribution in [2.45, 2.75) is 45.3 Å². The molecule has 12 nitrogen and oxygen atoms in total. The third-order valence-electron chi connectivity index (χ3n) is 6.17. The van der Waals surface area contributed by atoms with Gasteiger partial charge < -0.3 is 10.2 Å². The minimum absolute atomic E-state index is 0.121. The van der Waals surface area contributed by atoms with Crippen LogP contribution in [-0.2, 0) is 26.3 Å². The van der Waals surface area contributed by atoms with Crippen molar-refractivity contribution in [2.24, 2.45) is 12.2 Å². The highest BCUT2D eigenvalue weighted by Crippen LogP contribution is 2.25. The van der Waals surface area contributed by atoms with Crippen LogP contribution in [0.1, 0.15) is 42.4 Å². The predicted molar refractivity (Wildman–Crippen MR) is 125 cm³/mol. The van der Waals surface area contributed by atoms with Crippen LogP contribution in [0.25, 0.3) is 10.9 Å². The Kier molecular flexibility index (Phi) is 5.42. The molecule has 3 amide bonds. The molecular formula is C23H23N7O5. The number of rotatable bonds is 4. The van der Waals surface area contributed by atoms with Crippen LogP contribution in [0.15, 0.2) is 34.3 Å². The molecule has 4 heterocycles. The molecule has 1 aromatic carbocycles. The van der Waals surface area contributed by atoms with E-state index in [-0.39, 0.29) is 36.2 Å². The van der Waals surface area contributed by atoms with Crippen LogP contribution in [0, 0.1) is 13.8 Å². The van der Waals surface area contributed by atoms with E-state index in [1.165, 1.54) is 4.57 Å². The van der Waals surface area contributed by atoms with Gasteiger partial charge in [0.05, 0.1) is 28.0 Å². The molecule has 2 aromatic heterocycles. The molecule has 0 bridgehead atoms. The molecule has 1 fully saturated rings. The Hall–Kier alpha value is -4.35. The van der Waals surface area contributed by atoms with Gasteiger partial charge in [-0.1, -0.05) is 11.2 Å². The number of benzene rings is 1. The number of hydrogen-bond donors (Lipinski definition) is 2. The van der Waals surface area contributed by atoms with Crippen molar-refractivity contribution >= 4 is 40.0 Å². The molecule has 0 spiro atoms. The van der Waals surface area contributed by atoms with E-state index >= 15 is 0 Å². The van der Waals surface area contributed by atoms with Gasteiger partial charge in [0.1, 0.15) is 11.9 Å². The van der Waals surface area contributed by atoms with Crippen LogP contribution in [-0.4, -0.2) is 48.9 Å². The van der Waals surface area contributed by atoms with E-state index in [0.29, 0.717) is 17.1 Å². The molecule has 2 unspecified atom stereocenters. The molecule has 0 aliphatic carbocycles. The van der Waals surface area contributed by atoms with Gasteiger partial charge >= 0.3 is 0 Å². The number of carbonyl (C=O) groups excluding carboxylic acids is 3. The maximum atomic E-state index is 13.5. The zero-order chi connectivity index (χ0) is 24.9. The Labute approximate surface area is 199 Å². The molecule has 0 saturated carbocycles. The molecule has 180 valence electrons. The number of nitrogens with one attached hydrogen (secondary N) is 2. The standard InChI is InChI=1S/C23H23N7O5/c1-11-13(10-29(3)27-11)16-9-18(35-28-16)22(33)25-15-6-4-5-14-20(15)23(34)30(12(2)24-14)17-7-8-19(31)26-21(17)32/h4-6,10,17-18H,7-9H2,1-3H3,(H,25,33)(H,26,31,32). The first-order chi connectivity index (χ1) is 16.7. The summed E-state index contributed by atoms with van der Waals surface area (Å²) in [6, 6.07) is 4.07. The van der Waals surface area contributed by atoms with E-state index < -0.39 is 29.5 Å². The molecule has 2 atom stereocenters. The SMILES string of the molecule is Cc1nn(C)cc1C1=NOC(C(=O)Nc2cccc3nc(C)n(C4CCC(=O)NC4=O)c(=O)c23)C1. The van der Waals surface area contributed by atoms with Gasteiger partial charge in [-0.3, -0.25) is 33.7 Å². The van der Waals surface area contributed by atoms with Crippen LogP contribution < -0.4 is 16.2 Å². The number of imide groups is 1. The third-order valence-corrected chi connectivity index (χ3v) is 6.17. The summed E-state index contributed by atoms with van der Waals surface area (Å²) in [5.41, 5.74) is 2.35. The number of aromatic nitrogens is 4. The van der Waals surface area contributed by atoms with Crippen LogP contribution in [0.4, 0.5) is 5.69 Å². The molecule has 2 aliphatic rings. The van der Waals surface area contributed by atoms with Crippen molar-refractivity contribution in [3.8, 4) is 0 Å². The van der Waals surface area contributed by atoms with E-state index in [2.05, 4.69) is 25.9 Å². The molecule has 5 rings (SSSR count). The van der Waals surface area contributed by atoms with Crippen molar-refractivity contribution in [2.75, 3.05) is 5.32 Å². The number of anilines is 1. The fourth-order valence-electron chi connectivity index (χ4n) is 4.53. The normalized spacial score (nSPS) is 19.9. The van der Waals surface area contributed by atoms with Gasteiger partial charge in [-0.2, -0.15) is 5.10 Å². The Morgan fingerprint density at radius 1 is 1.23 bits per heavy atom. The van der Waals surface area contributed by atoms with Gasteiger partial charge in [0.15, 0.2) is 0 Å². The summed E-state index contributed by atoms with van der Waals surface area (Å²) in [5.74, 6) is -1.06. The topological polar surface area (TPSA) is 150 Å². The minimum Gasteiger partial charge on any atom is -0.382 e. The highest BCUT2D eigenvalue weighted by atomic mass is 16.6. The monoisotopic (exact) mass is 477 g/mol. The third kappa shape index (κ3) is 3.96. The summed E-state index contributed by atoms with van der Waals surface area (Å²) in [6.45, 7) is 3.48. The second kappa shape index (κ2) is 8.46. The van der Waals surface area contributed by atoms with E-state index in [4.69, 9.17) is 4.84 Å². The van der Waals surface area contributed by atoms with Crippen LogP contribution >= 0.6 is 0 Å². The van der Waals surface area contributed by atoms with Gasteiger partial charge in [0, 0.05) is 31.6 Å². The fraction of sp³-hybridized carbons (Fsp3) is 0.348. The lowest BCUT2D eigenvalue weighted by atomic mass is 10.0. The summed E-state index contributed by atoms with van der Waals surface area (Å²) in [4.78, 5) is 60.4. The Morgan fingerprint density at radius 2 is 2.03 bits per heavy atom. The van der Waals surface area contributed by atoms with Gasteiger partial charge in [-0.25, -0.2) is 4.98 Å². The van der Waals surface area contributed by atoms with Crippen molar-refractivity contribution in [3.63, 3.8) is 0 Å². The number of hydrogen-bond acceptors (Lipinski definition) is 8. The highest BCUT2D eigenvalue weighted by Gasteiger charge is 2.33. The smallest absolute Gasteiger partial charge is 0.268 e. The number of fused-ring (bicyclic) bond motifs is 1. The first kappa shape index (κ1) is 22.4. The van der Waals surface area contributed by atoms with E-state index in [0.717, 1.165) is 11.3 Å². The first-order valence-electron chi connectivity index (χ1n) is 11.1. The second-order valence-electron chi connectivity index (χ2n) is 8.63. The summed E-state index contributed by atoms with van der Waals surface area (Å²) >= 11 is 0. The molecular weight excluding hydrogens is 454 g/mol. The van der Waals surface area contributed by atoms with E-state index in [9.17, 15) is 19.2 Å². The van der Waals surface area contributed by atoms with Crippen molar-refractivity contribution in [1.29, 1.82) is 0 Å². The summed E-state index contributed by atoms with van der Waals surface area (Å²) in [6.07, 6.45) is 1.50. The Bertz CT molecular complexity index is 1490. The predicted octanol–water partition coefficient (Wildman–Crippen LogP) is 0.856. The number of aryl methyl sites for hydroxylation is 3. The lowest BCUT2D eigenvalue weighted by Crippen LogP contribution is -2.45. The van der Waals surface area contributed by atoms with Crippen LogP contribution in [0.3, 0.4) is 0 Å². The average Bonchev–Trinajstić information content (AvgIpc) is 3.41. The van der Waals surface area contributed by atoms with Gasteiger partial charge in [0.2, 0.25) is 17.9 Å². The molecule has 2 N–H and O–H groups in total. The lowest BCUT2D eigenvalue weighted by molar-refractivity contribution is -0.136. The zero-order valence-electron chi connectivity index (χ0n) is 19.4.